The van der Waals surface area contributed by atoms with Gasteiger partial charge in [-0.3, -0.25) is 0 Å². The monoisotopic (exact) mass is 600 g/mol. The molecule has 15 heteroatoms. The minimum Gasteiger partial charge on any atom is -0.394 e. The maximum absolute atomic E-state index is 10.9. The van der Waals surface area contributed by atoms with Crippen molar-refractivity contribution in [1.29, 1.82) is 0 Å². The lowest BCUT2D eigenvalue weighted by Crippen LogP contribution is -2.66. The van der Waals surface area contributed by atoms with E-state index in [1.807, 2.05) is 0 Å². The fourth-order valence-corrected chi connectivity index (χ4v) is 5.19. The summed E-state index contributed by atoms with van der Waals surface area (Å²) >= 11 is 0. The topological polar surface area (TPSA) is 237 Å². The molecule has 0 aromatic carbocycles. The summed E-state index contributed by atoms with van der Waals surface area (Å²) < 4.78 is 33.8. The number of unbranched alkanes of at least 4 members (excludes halogenated alkanes) is 5. The molecule has 0 aromatic rings. The largest absolute Gasteiger partial charge is 0.394 e. The molecular formula is C26H48O15. The fourth-order valence-electron chi connectivity index (χ4n) is 5.19. The Bertz CT molecular complexity index is 746. The van der Waals surface area contributed by atoms with Crippen molar-refractivity contribution in [3.63, 3.8) is 0 Å². The van der Waals surface area contributed by atoms with E-state index in [0.717, 1.165) is 32.1 Å². The second-order valence-electron chi connectivity index (χ2n) is 10.9. The zero-order chi connectivity index (χ0) is 30.3. The van der Waals surface area contributed by atoms with Gasteiger partial charge in [0.05, 0.1) is 19.3 Å². The Kier molecular flexibility index (Phi) is 14.0. The summed E-state index contributed by atoms with van der Waals surface area (Å²) in [5, 5.41) is 92.9. The van der Waals surface area contributed by atoms with Crippen LogP contribution < -0.4 is 0 Å². The summed E-state index contributed by atoms with van der Waals surface area (Å²) in [6, 6.07) is 0. The van der Waals surface area contributed by atoms with E-state index < -0.39 is 105 Å². The van der Waals surface area contributed by atoms with Gasteiger partial charge in [0.25, 0.3) is 0 Å². The summed E-state index contributed by atoms with van der Waals surface area (Å²) in [7, 11) is 0. The van der Waals surface area contributed by atoms with Gasteiger partial charge < -0.3 is 74.4 Å². The molecule has 3 heterocycles. The van der Waals surface area contributed by atoms with Gasteiger partial charge >= 0.3 is 0 Å². The molecule has 3 fully saturated rings. The zero-order valence-electron chi connectivity index (χ0n) is 23.5. The number of hydrogen-bond donors (Lipinski definition) is 9. The SMILES string of the molecule is CCCCCCCCO[C@@H]1O[C@H](CO)[C@@H](O[C@@H]2O[C@H](CO)[C@H](O)[C@H](O)[C@H]2O[C@@H]2O[C@@H](C)[C@@H](O)[C@@H](O)[C@@H]2O)[C@H](O)[C@H]1O. The Balaban J connectivity index is 1.68. The van der Waals surface area contributed by atoms with Gasteiger partial charge in [-0.05, 0) is 13.3 Å². The molecule has 3 aliphatic heterocycles. The Labute approximate surface area is 239 Å². The van der Waals surface area contributed by atoms with E-state index in [9.17, 15) is 46.0 Å². The molecule has 15 atom stereocenters. The van der Waals surface area contributed by atoms with Crippen molar-refractivity contribution < 1.29 is 74.4 Å². The second kappa shape index (κ2) is 16.5. The van der Waals surface area contributed by atoms with Crippen molar-refractivity contribution in [3.8, 4) is 0 Å². The van der Waals surface area contributed by atoms with Crippen LogP contribution in [0.3, 0.4) is 0 Å². The maximum Gasteiger partial charge on any atom is 0.187 e. The van der Waals surface area contributed by atoms with Gasteiger partial charge in [0, 0.05) is 6.61 Å². The average molecular weight is 601 g/mol. The molecule has 0 amide bonds. The minimum absolute atomic E-state index is 0.261. The first kappa shape index (κ1) is 34.9. The molecule has 0 saturated carbocycles. The molecule has 15 nitrogen and oxygen atoms in total. The fraction of sp³-hybridized carbons (Fsp3) is 1.00. The van der Waals surface area contributed by atoms with E-state index in [1.165, 1.54) is 6.92 Å². The van der Waals surface area contributed by atoms with E-state index in [0.29, 0.717) is 6.42 Å². The van der Waals surface area contributed by atoms with Crippen LogP contribution in [0.5, 0.6) is 0 Å². The molecule has 0 spiro atoms. The first-order chi connectivity index (χ1) is 19.5. The Morgan fingerprint density at radius 3 is 1.76 bits per heavy atom. The van der Waals surface area contributed by atoms with Crippen LogP contribution in [0.25, 0.3) is 0 Å². The number of ether oxygens (including phenoxy) is 6. The van der Waals surface area contributed by atoms with Crippen molar-refractivity contribution in [1.82, 2.24) is 0 Å². The second-order valence-corrected chi connectivity index (χ2v) is 10.9. The minimum atomic E-state index is -1.78. The first-order valence-corrected chi connectivity index (χ1v) is 14.4. The van der Waals surface area contributed by atoms with Crippen molar-refractivity contribution in [3.05, 3.63) is 0 Å². The third-order valence-electron chi connectivity index (χ3n) is 7.82. The van der Waals surface area contributed by atoms with Crippen LogP contribution in [0.4, 0.5) is 0 Å². The van der Waals surface area contributed by atoms with Gasteiger partial charge in [0.15, 0.2) is 18.9 Å². The molecule has 3 rings (SSSR count). The van der Waals surface area contributed by atoms with E-state index in [1.54, 1.807) is 0 Å². The third-order valence-corrected chi connectivity index (χ3v) is 7.82. The zero-order valence-corrected chi connectivity index (χ0v) is 23.5. The summed E-state index contributed by atoms with van der Waals surface area (Å²) in [6.45, 7) is 2.41. The number of hydrogen-bond acceptors (Lipinski definition) is 15. The highest BCUT2D eigenvalue weighted by atomic mass is 16.8. The van der Waals surface area contributed by atoms with Crippen LogP contribution in [0.15, 0.2) is 0 Å². The van der Waals surface area contributed by atoms with Crippen LogP contribution in [-0.4, -0.2) is 158 Å². The quantitative estimate of drug-likeness (QED) is 0.0895. The highest BCUT2D eigenvalue weighted by molar-refractivity contribution is 4.96. The van der Waals surface area contributed by atoms with E-state index >= 15 is 0 Å². The van der Waals surface area contributed by atoms with Crippen LogP contribution in [0, 0.1) is 0 Å². The van der Waals surface area contributed by atoms with Gasteiger partial charge in [0.2, 0.25) is 0 Å². The summed E-state index contributed by atoms with van der Waals surface area (Å²) in [4.78, 5) is 0. The Morgan fingerprint density at radius 2 is 1.10 bits per heavy atom. The number of aliphatic hydroxyl groups excluding tert-OH is 9. The Hall–Kier alpha value is -0.600. The van der Waals surface area contributed by atoms with Gasteiger partial charge in [-0.25, -0.2) is 0 Å². The molecule has 3 aliphatic rings. The van der Waals surface area contributed by atoms with Crippen LogP contribution in [-0.2, 0) is 28.4 Å². The molecular weight excluding hydrogens is 552 g/mol. The average Bonchev–Trinajstić information content (AvgIpc) is 2.96. The Morgan fingerprint density at radius 1 is 0.537 bits per heavy atom. The summed E-state index contributed by atoms with van der Waals surface area (Å²) in [6.07, 6.45) is -16.6. The molecule has 242 valence electrons. The molecule has 0 bridgehead atoms. The van der Waals surface area contributed by atoms with Gasteiger partial charge in [-0.2, -0.15) is 0 Å². The van der Waals surface area contributed by atoms with E-state index in [2.05, 4.69) is 6.92 Å². The number of rotatable bonds is 14. The smallest absolute Gasteiger partial charge is 0.187 e. The molecule has 0 radical (unpaired) electrons. The molecule has 0 unspecified atom stereocenters. The van der Waals surface area contributed by atoms with Crippen LogP contribution in [0.2, 0.25) is 0 Å². The lowest BCUT2D eigenvalue weighted by molar-refractivity contribution is -0.387. The van der Waals surface area contributed by atoms with E-state index in [4.69, 9.17) is 28.4 Å². The highest BCUT2D eigenvalue weighted by Gasteiger charge is 2.53. The van der Waals surface area contributed by atoms with Gasteiger partial charge in [-0.15, -0.1) is 0 Å². The molecule has 0 aliphatic carbocycles. The van der Waals surface area contributed by atoms with Gasteiger partial charge in [-0.1, -0.05) is 39.0 Å². The van der Waals surface area contributed by atoms with Gasteiger partial charge in [0.1, 0.15) is 67.1 Å². The first-order valence-electron chi connectivity index (χ1n) is 14.4. The summed E-state index contributed by atoms with van der Waals surface area (Å²) in [5.41, 5.74) is 0. The predicted molar refractivity (Wildman–Crippen MR) is 137 cm³/mol. The van der Waals surface area contributed by atoms with E-state index in [-0.39, 0.29) is 6.61 Å². The van der Waals surface area contributed by atoms with Crippen molar-refractivity contribution in [2.45, 2.75) is 144 Å². The molecule has 9 N–H and O–H groups in total. The highest BCUT2D eigenvalue weighted by Crippen LogP contribution is 2.33. The van der Waals surface area contributed by atoms with Crippen molar-refractivity contribution in [2.75, 3.05) is 19.8 Å². The summed E-state index contributed by atoms with van der Waals surface area (Å²) in [5.74, 6) is 0. The van der Waals surface area contributed by atoms with Crippen molar-refractivity contribution >= 4 is 0 Å². The number of aliphatic hydroxyl groups is 9. The molecule has 0 aromatic heterocycles. The lowest BCUT2D eigenvalue weighted by Gasteiger charge is -2.48. The normalized spacial score (nSPS) is 45.6. The lowest BCUT2D eigenvalue weighted by atomic mass is 9.96. The third kappa shape index (κ3) is 8.53. The van der Waals surface area contributed by atoms with Crippen LogP contribution in [0.1, 0.15) is 52.4 Å². The van der Waals surface area contributed by atoms with Crippen LogP contribution >= 0.6 is 0 Å². The molecule has 41 heavy (non-hydrogen) atoms. The predicted octanol–water partition coefficient (Wildman–Crippen LogP) is -3.16. The standard InChI is InChI=1S/C26H48O15/c1-3-4-5-6-7-8-9-36-24-21(35)19(33)22(14(11-28)39-24)40-26-23(18(32)16(30)13(10-27)38-26)41-25-20(34)17(31)15(29)12(2)37-25/h12-35H,3-11H2,1-2H3/t12-,13+,14+,15+,16-,17+,18-,19+,20-,21+,22+,23+,24+,25-,26-/m0/s1. The van der Waals surface area contributed by atoms with Crippen molar-refractivity contribution in [2.24, 2.45) is 0 Å². The maximum atomic E-state index is 10.9. The molecule has 3 saturated heterocycles.